The molecule has 2 fully saturated rings. The van der Waals surface area contributed by atoms with Gasteiger partial charge in [-0.05, 0) is 49.2 Å². The zero-order valence-corrected chi connectivity index (χ0v) is 22.5. The molecule has 2 aliphatic rings. The highest BCUT2D eigenvalue weighted by molar-refractivity contribution is 6.29. The largest absolute Gasteiger partial charge is 0.351 e. The summed E-state index contributed by atoms with van der Waals surface area (Å²) in [6.45, 7) is 5.77. The minimum Gasteiger partial charge on any atom is -0.351 e. The first-order valence-corrected chi connectivity index (χ1v) is 13.1. The quantitative estimate of drug-likeness (QED) is 0.323. The topological polar surface area (TPSA) is 82.6 Å². The third-order valence-electron chi connectivity index (χ3n) is 6.68. The average Bonchev–Trinajstić information content (AvgIpc) is 3.27. The molecule has 2 atom stereocenters. The number of aromatic nitrogens is 1. The van der Waals surface area contributed by atoms with Gasteiger partial charge in [-0.15, -0.1) is 0 Å². The van der Waals surface area contributed by atoms with E-state index in [9.17, 15) is 27.6 Å². The van der Waals surface area contributed by atoms with Gasteiger partial charge in [0.2, 0.25) is 11.8 Å². The lowest BCUT2D eigenvalue weighted by molar-refractivity contribution is -0.132. The van der Waals surface area contributed by atoms with Crippen LogP contribution in [-0.2, 0) is 14.4 Å². The Morgan fingerprint density at radius 2 is 1.95 bits per heavy atom. The van der Waals surface area contributed by atoms with Gasteiger partial charge in [0.15, 0.2) is 0 Å². The molecule has 2 heterocycles. The van der Waals surface area contributed by atoms with Crippen LogP contribution in [-0.4, -0.2) is 46.8 Å². The number of hydrogen-bond donors (Lipinski definition) is 1. The van der Waals surface area contributed by atoms with E-state index in [0.29, 0.717) is 0 Å². The van der Waals surface area contributed by atoms with Gasteiger partial charge < -0.3 is 5.32 Å². The van der Waals surface area contributed by atoms with Gasteiger partial charge in [-0.25, -0.2) is 18.2 Å². The number of carbonyl (C=O) groups is 3. The minimum atomic E-state index is -2.89. The maximum absolute atomic E-state index is 14.4. The van der Waals surface area contributed by atoms with Gasteiger partial charge in [0.25, 0.3) is 11.8 Å². The summed E-state index contributed by atoms with van der Waals surface area (Å²) < 4.78 is 41.5. The predicted molar refractivity (Wildman–Crippen MR) is 147 cm³/mol. The monoisotopic (exact) mass is 572 g/mol. The molecule has 1 aromatic heterocycles. The Kier molecular flexibility index (Phi) is 8.78. The molecular formula is C29H28ClF3N4O3. The lowest BCUT2D eigenvalue weighted by atomic mass is 9.87. The van der Waals surface area contributed by atoms with E-state index >= 15 is 0 Å². The van der Waals surface area contributed by atoms with Crippen molar-refractivity contribution < 1.29 is 27.6 Å². The number of carbonyl (C=O) groups excluding carboxylic acids is 3. The standard InChI is InChI=1S/C29H28ClF3N4O3/c1-3-4-5-8-18(2)26(27(39)34-20-16-29(32,33)17-20)36(21-10-6-9-19(31)15-21)28(40)22-13-14-25(38)37(22)24-12-7-11-23(30)35-24/h3-12,15,20,22,26H,2,13-14,16-17H2,1H3,(H,34,39)/b4-3-,8-5-/t22-,26+/m0/s1. The van der Waals surface area contributed by atoms with E-state index in [-0.39, 0.29) is 41.0 Å². The van der Waals surface area contributed by atoms with Gasteiger partial charge in [-0.3, -0.25) is 24.2 Å². The number of hydrogen-bond acceptors (Lipinski definition) is 4. The molecule has 2 aromatic rings. The number of pyridine rings is 1. The number of benzene rings is 1. The van der Waals surface area contributed by atoms with Gasteiger partial charge in [-0.1, -0.05) is 54.6 Å². The van der Waals surface area contributed by atoms with E-state index in [1.165, 1.54) is 41.3 Å². The number of nitrogens with one attached hydrogen (secondary N) is 1. The molecule has 1 N–H and O–H groups in total. The van der Waals surface area contributed by atoms with Crippen molar-refractivity contribution in [1.82, 2.24) is 10.3 Å². The van der Waals surface area contributed by atoms with Gasteiger partial charge in [0.1, 0.15) is 28.9 Å². The molecule has 0 spiro atoms. The van der Waals surface area contributed by atoms with Crippen molar-refractivity contribution in [2.45, 2.75) is 56.7 Å². The van der Waals surface area contributed by atoms with E-state index in [1.807, 2.05) is 0 Å². The molecule has 1 aliphatic carbocycles. The van der Waals surface area contributed by atoms with Crippen LogP contribution in [0.4, 0.5) is 24.7 Å². The molecule has 1 saturated carbocycles. The Labute approximate surface area is 235 Å². The predicted octanol–water partition coefficient (Wildman–Crippen LogP) is 5.37. The maximum atomic E-state index is 14.4. The molecule has 0 unspecified atom stereocenters. The van der Waals surface area contributed by atoms with Crippen molar-refractivity contribution in [3.8, 4) is 0 Å². The minimum absolute atomic E-state index is 0.0256. The fraction of sp³-hybridized carbons (Fsp3) is 0.310. The first-order chi connectivity index (χ1) is 19.0. The highest BCUT2D eigenvalue weighted by atomic mass is 35.5. The first-order valence-electron chi connectivity index (χ1n) is 12.7. The third kappa shape index (κ3) is 6.44. The molecular weight excluding hydrogens is 545 g/mol. The highest BCUT2D eigenvalue weighted by Crippen LogP contribution is 2.38. The second-order valence-electron chi connectivity index (χ2n) is 9.66. The second kappa shape index (κ2) is 12.1. The molecule has 0 radical (unpaired) electrons. The number of anilines is 2. The van der Waals surface area contributed by atoms with Crippen molar-refractivity contribution in [1.29, 1.82) is 0 Å². The van der Waals surface area contributed by atoms with Crippen molar-refractivity contribution in [3.63, 3.8) is 0 Å². The molecule has 3 amide bonds. The summed E-state index contributed by atoms with van der Waals surface area (Å²) in [4.78, 5) is 47.3. The Hall–Kier alpha value is -3.92. The van der Waals surface area contributed by atoms with Gasteiger partial charge in [-0.2, -0.15) is 0 Å². The van der Waals surface area contributed by atoms with Crippen molar-refractivity contribution >= 4 is 40.8 Å². The summed E-state index contributed by atoms with van der Waals surface area (Å²) in [5, 5.41) is 2.70. The van der Waals surface area contributed by atoms with E-state index in [1.54, 1.807) is 31.2 Å². The smallest absolute Gasteiger partial charge is 0.252 e. The van der Waals surface area contributed by atoms with Crippen LogP contribution in [0.1, 0.15) is 32.6 Å². The van der Waals surface area contributed by atoms with Crippen LogP contribution in [0, 0.1) is 5.82 Å². The number of nitrogens with zero attached hydrogens (tertiary/aromatic N) is 3. The summed E-state index contributed by atoms with van der Waals surface area (Å²) in [5.41, 5.74) is 0.180. The van der Waals surface area contributed by atoms with Crippen LogP contribution in [0.5, 0.6) is 0 Å². The van der Waals surface area contributed by atoms with E-state index < -0.39 is 54.5 Å². The van der Waals surface area contributed by atoms with Crippen molar-refractivity contribution in [2.24, 2.45) is 0 Å². The third-order valence-corrected chi connectivity index (χ3v) is 6.89. The summed E-state index contributed by atoms with van der Waals surface area (Å²) in [6, 6.07) is 6.38. The van der Waals surface area contributed by atoms with Crippen LogP contribution >= 0.6 is 11.6 Å². The molecule has 40 heavy (non-hydrogen) atoms. The van der Waals surface area contributed by atoms with Gasteiger partial charge in [0, 0.05) is 31.0 Å². The number of allylic oxidation sites excluding steroid dienone is 3. The van der Waals surface area contributed by atoms with Crippen LogP contribution in [0.3, 0.4) is 0 Å². The zero-order valence-electron chi connectivity index (χ0n) is 21.7. The fourth-order valence-corrected chi connectivity index (χ4v) is 4.96. The van der Waals surface area contributed by atoms with Gasteiger partial charge in [0.05, 0.1) is 0 Å². The van der Waals surface area contributed by atoms with E-state index in [2.05, 4.69) is 16.9 Å². The molecule has 1 aliphatic heterocycles. The molecule has 1 aromatic carbocycles. The van der Waals surface area contributed by atoms with Crippen LogP contribution in [0.25, 0.3) is 0 Å². The summed E-state index contributed by atoms with van der Waals surface area (Å²) in [7, 11) is 0. The molecule has 7 nitrogen and oxygen atoms in total. The molecule has 1 saturated heterocycles. The summed E-state index contributed by atoms with van der Waals surface area (Å²) in [6.07, 6.45) is 5.59. The second-order valence-corrected chi connectivity index (χ2v) is 10.0. The van der Waals surface area contributed by atoms with Gasteiger partial charge >= 0.3 is 0 Å². The van der Waals surface area contributed by atoms with Crippen LogP contribution < -0.4 is 15.1 Å². The average molecular weight is 573 g/mol. The Bertz CT molecular complexity index is 1370. The summed E-state index contributed by atoms with van der Waals surface area (Å²) in [5.74, 6) is -5.24. The molecule has 4 rings (SSSR count). The Morgan fingerprint density at radius 1 is 1.23 bits per heavy atom. The number of alkyl halides is 2. The number of amides is 3. The SMILES string of the molecule is C=C(/C=C\C=C/C)[C@H](C(=O)NC1CC(F)(F)C1)N(C(=O)[C@@H]1CCC(=O)N1c1cccc(Cl)n1)c1cccc(F)c1. The Balaban J connectivity index is 1.77. The van der Waals surface area contributed by atoms with Crippen LogP contribution in [0.15, 0.2) is 78.9 Å². The van der Waals surface area contributed by atoms with Crippen LogP contribution in [0.2, 0.25) is 5.15 Å². The zero-order chi connectivity index (χ0) is 29.0. The maximum Gasteiger partial charge on any atom is 0.252 e. The lowest BCUT2D eigenvalue weighted by Crippen LogP contribution is -2.59. The normalized spacial score (nSPS) is 19.6. The van der Waals surface area contributed by atoms with Crippen molar-refractivity contribution in [2.75, 3.05) is 9.80 Å². The number of rotatable bonds is 9. The molecule has 11 heteroatoms. The highest BCUT2D eigenvalue weighted by Gasteiger charge is 2.48. The summed E-state index contributed by atoms with van der Waals surface area (Å²) >= 11 is 6.04. The van der Waals surface area contributed by atoms with Crippen molar-refractivity contribution in [3.05, 3.63) is 89.9 Å². The fourth-order valence-electron chi connectivity index (χ4n) is 4.80. The molecule has 210 valence electrons. The Morgan fingerprint density at radius 3 is 2.60 bits per heavy atom. The number of halogens is 4. The van der Waals surface area contributed by atoms with E-state index in [4.69, 9.17) is 11.6 Å². The first kappa shape index (κ1) is 29.1. The molecule has 0 bridgehead atoms. The van der Waals surface area contributed by atoms with E-state index in [0.717, 1.165) is 11.0 Å². The lowest BCUT2D eigenvalue weighted by Gasteiger charge is -2.39.